The molecule has 10 heteroatoms. The minimum atomic E-state index is -2.73. The van der Waals surface area contributed by atoms with Crippen molar-refractivity contribution in [2.75, 3.05) is 34.7 Å². The maximum atomic E-state index is 13.7. The second-order valence-corrected chi connectivity index (χ2v) is 10.3. The Morgan fingerprint density at radius 2 is 1.81 bits per heavy atom. The van der Waals surface area contributed by atoms with Gasteiger partial charge in [-0.05, 0) is 64.6 Å². The molecule has 6 atom stereocenters. The van der Waals surface area contributed by atoms with Gasteiger partial charge in [0.15, 0.2) is 34.7 Å². The minimum absolute atomic E-state index is 0.00409. The number of ketones is 4. The fourth-order valence-electron chi connectivity index (χ4n) is 6.01. The molecule has 0 spiro atoms. The molecule has 4 N–H and O–H groups in total. The molecule has 1 aromatic rings. The van der Waals surface area contributed by atoms with Crippen LogP contribution in [0.3, 0.4) is 0 Å². The minimum Gasteiger partial charge on any atom is -0.507 e. The van der Waals surface area contributed by atoms with Gasteiger partial charge >= 0.3 is 0 Å². The summed E-state index contributed by atoms with van der Waals surface area (Å²) in [5.41, 5.74) is 3.57. The number of phenolic OH excluding ortho intramolecular Hbond substituents is 1. The van der Waals surface area contributed by atoms with Crippen molar-refractivity contribution in [2.45, 2.75) is 24.5 Å². The first-order valence-electron chi connectivity index (χ1n) is 11.6. The summed E-state index contributed by atoms with van der Waals surface area (Å²) in [4.78, 5) is 69.0. The van der Waals surface area contributed by atoms with Crippen LogP contribution in [0.25, 0.3) is 0 Å². The molecule has 10 nitrogen and oxygen atoms in total. The van der Waals surface area contributed by atoms with Crippen molar-refractivity contribution in [3.8, 4) is 17.6 Å². The van der Waals surface area contributed by atoms with E-state index in [0.717, 1.165) is 0 Å². The number of carbonyl (C=O) groups is 5. The van der Waals surface area contributed by atoms with Crippen molar-refractivity contribution in [3.05, 3.63) is 28.8 Å². The van der Waals surface area contributed by atoms with Gasteiger partial charge in [-0.25, -0.2) is 0 Å². The van der Waals surface area contributed by atoms with Gasteiger partial charge in [-0.1, -0.05) is 11.8 Å². The third-order valence-corrected chi connectivity index (χ3v) is 7.56. The average molecular weight is 496 g/mol. The number of hydrogen-bond acceptors (Lipinski definition) is 9. The third-order valence-electron chi connectivity index (χ3n) is 7.56. The quantitative estimate of drug-likeness (QED) is 0.345. The molecule has 0 bridgehead atoms. The second kappa shape index (κ2) is 8.92. The molecule has 190 valence electrons. The van der Waals surface area contributed by atoms with Crippen LogP contribution in [-0.2, 0) is 25.6 Å². The standard InChI is InChI=1S/C26H29N3O7/c1-28(2)9-5-6-12-7-8-16(30)18-14(12)10-13-11-15-20(29(3)4)22(32)19(25(27)35)24(34)26(15,36)23(33)17(13)21(18)31/h7-8,13,15,17,19-20,30,36H,9-11H2,1-4H3,(H2,27,35)/t13-,15-,17?,19?,20?,26-/m0/s1. The lowest BCUT2D eigenvalue weighted by atomic mass is 9.52. The molecule has 1 amide bonds. The molecule has 2 saturated carbocycles. The van der Waals surface area contributed by atoms with Crippen molar-refractivity contribution in [3.63, 3.8) is 0 Å². The van der Waals surface area contributed by atoms with Crippen LogP contribution in [0, 0.1) is 35.5 Å². The third kappa shape index (κ3) is 3.66. The first kappa shape index (κ1) is 25.7. The summed E-state index contributed by atoms with van der Waals surface area (Å²) < 4.78 is 0. The molecule has 3 aliphatic carbocycles. The number of carbonyl (C=O) groups excluding carboxylic acids is 5. The van der Waals surface area contributed by atoms with Crippen molar-refractivity contribution >= 4 is 29.0 Å². The Kier molecular flexibility index (Phi) is 6.37. The Morgan fingerprint density at radius 3 is 2.39 bits per heavy atom. The van der Waals surface area contributed by atoms with E-state index < -0.39 is 64.4 Å². The smallest absolute Gasteiger partial charge is 0.235 e. The lowest BCUT2D eigenvalue weighted by Crippen LogP contribution is -2.74. The molecular weight excluding hydrogens is 466 g/mol. The van der Waals surface area contributed by atoms with E-state index >= 15 is 0 Å². The van der Waals surface area contributed by atoms with Crippen LogP contribution >= 0.6 is 0 Å². The van der Waals surface area contributed by atoms with E-state index in [0.29, 0.717) is 17.7 Å². The fourth-order valence-corrected chi connectivity index (χ4v) is 6.01. The Labute approximate surface area is 208 Å². The van der Waals surface area contributed by atoms with Gasteiger partial charge in [-0.3, -0.25) is 33.8 Å². The Balaban J connectivity index is 1.84. The molecular formula is C26H29N3O7. The molecule has 1 aromatic carbocycles. The van der Waals surface area contributed by atoms with E-state index in [-0.39, 0.29) is 24.2 Å². The first-order chi connectivity index (χ1) is 16.8. The fraction of sp³-hybridized carbons (Fsp3) is 0.500. The number of benzene rings is 1. The maximum absolute atomic E-state index is 13.7. The largest absolute Gasteiger partial charge is 0.507 e. The number of Topliss-reactive ketones (excluding diaryl/α,β-unsaturated/α-hetero) is 4. The van der Waals surface area contributed by atoms with Crippen LogP contribution in [0.2, 0.25) is 0 Å². The van der Waals surface area contributed by atoms with Gasteiger partial charge in [0.2, 0.25) is 5.91 Å². The molecule has 3 aliphatic rings. The van der Waals surface area contributed by atoms with Gasteiger partial charge in [-0.2, -0.15) is 0 Å². The van der Waals surface area contributed by atoms with Crippen LogP contribution < -0.4 is 5.73 Å². The molecule has 0 heterocycles. The lowest BCUT2D eigenvalue weighted by Gasteiger charge is -2.52. The van der Waals surface area contributed by atoms with Crippen molar-refractivity contribution in [1.29, 1.82) is 0 Å². The normalized spacial score (nSPS) is 31.5. The monoisotopic (exact) mass is 495 g/mol. The summed E-state index contributed by atoms with van der Waals surface area (Å²) in [6.07, 6.45) is 0.191. The van der Waals surface area contributed by atoms with E-state index in [4.69, 9.17) is 5.73 Å². The van der Waals surface area contributed by atoms with Crippen LogP contribution in [-0.4, -0.2) is 95.4 Å². The zero-order chi connectivity index (χ0) is 26.7. The van der Waals surface area contributed by atoms with Crippen LogP contribution in [0.4, 0.5) is 0 Å². The van der Waals surface area contributed by atoms with Gasteiger partial charge in [0.25, 0.3) is 0 Å². The van der Waals surface area contributed by atoms with E-state index in [1.54, 1.807) is 20.2 Å². The zero-order valence-corrected chi connectivity index (χ0v) is 20.6. The number of phenols is 1. The average Bonchev–Trinajstić information content (AvgIpc) is 2.77. The van der Waals surface area contributed by atoms with E-state index in [1.807, 2.05) is 19.0 Å². The Morgan fingerprint density at radius 1 is 1.14 bits per heavy atom. The molecule has 0 aromatic heterocycles. The van der Waals surface area contributed by atoms with Gasteiger partial charge in [0.05, 0.1) is 24.1 Å². The predicted molar refractivity (Wildman–Crippen MR) is 127 cm³/mol. The summed E-state index contributed by atoms with van der Waals surface area (Å²) in [6, 6.07) is 1.81. The summed E-state index contributed by atoms with van der Waals surface area (Å²) in [7, 11) is 6.82. The number of primary amides is 1. The molecule has 0 radical (unpaired) electrons. The molecule has 0 saturated heterocycles. The number of likely N-dealkylation sites (N-methyl/N-ethyl adjacent to an activating group) is 1. The lowest BCUT2D eigenvalue weighted by molar-refractivity contribution is -0.181. The summed E-state index contributed by atoms with van der Waals surface area (Å²) >= 11 is 0. The van der Waals surface area contributed by atoms with E-state index in [9.17, 15) is 34.2 Å². The number of aromatic hydroxyl groups is 1. The van der Waals surface area contributed by atoms with Crippen molar-refractivity contribution in [1.82, 2.24) is 9.80 Å². The number of fused-ring (bicyclic) bond motifs is 3. The van der Waals surface area contributed by atoms with Crippen LogP contribution in [0.1, 0.15) is 27.9 Å². The van der Waals surface area contributed by atoms with Gasteiger partial charge in [0, 0.05) is 11.5 Å². The summed E-state index contributed by atoms with van der Waals surface area (Å²) in [5.74, 6) is -4.56. The topological polar surface area (TPSA) is 158 Å². The molecule has 2 fully saturated rings. The van der Waals surface area contributed by atoms with Gasteiger partial charge in [0.1, 0.15) is 5.75 Å². The Bertz CT molecular complexity index is 1260. The SMILES string of the molecule is CN(C)CC#Cc1ccc(O)c2c1C[C@H]1C[C@H]3C(N(C)C)C(=O)C(C(N)=O)C(=O)[C@@]3(O)C(=O)C1C2=O. The van der Waals surface area contributed by atoms with Crippen molar-refractivity contribution < 1.29 is 34.2 Å². The highest BCUT2D eigenvalue weighted by molar-refractivity contribution is 6.32. The second-order valence-electron chi connectivity index (χ2n) is 10.3. The predicted octanol–water partition coefficient (Wildman–Crippen LogP) is -1.22. The number of nitrogens with two attached hydrogens (primary N) is 1. The van der Waals surface area contributed by atoms with Gasteiger partial charge in [-0.15, -0.1) is 0 Å². The zero-order valence-electron chi connectivity index (χ0n) is 20.6. The highest BCUT2D eigenvalue weighted by Gasteiger charge is 2.69. The molecule has 0 aliphatic heterocycles. The van der Waals surface area contributed by atoms with Crippen LogP contribution in [0.15, 0.2) is 12.1 Å². The van der Waals surface area contributed by atoms with E-state index in [1.165, 1.54) is 11.0 Å². The first-order valence-corrected chi connectivity index (χ1v) is 11.6. The maximum Gasteiger partial charge on any atom is 0.235 e. The highest BCUT2D eigenvalue weighted by Crippen LogP contribution is 2.50. The highest BCUT2D eigenvalue weighted by atomic mass is 16.3. The summed E-state index contributed by atoms with van der Waals surface area (Å²) in [6.45, 7) is 0.471. The number of hydrogen-bond donors (Lipinski definition) is 3. The Hall–Kier alpha value is -3.39. The van der Waals surface area contributed by atoms with Crippen molar-refractivity contribution in [2.24, 2.45) is 29.4 Å². The number of rotatable bonds is 3. The van der Waals surface area contributed by atoms with Crippen LogP contribution in [0.5, 0.6) is 5.75 Å². The van der Waals surface area contributed by atoms with Gasteiger partial charge < -0.3 is 15.9 Å². The number of amides is 1. The number of aliphatic hydroxyl groups is 1. The summed E-state index contributed by atoms with van der Waals surface area (Å²) in [5, 5.41) is 22.1. The number of nitrogens with zero attached hydrogens (tertiary/aromatic N) is 2. The molecule has 36 heavy (non-hydrogen) atoms. The molecule has 4 rings (SSSR count). The van der Waals surface area contributed by atoms with E-state index in [2.05, 4.69) is 11.8 Å². The molecule has 3 unspecified atom stereocenters.